The van der Waals surface area contributed by atoms with Crippen LogP contribution in [0.1, 0.15) is 19.4 Å². The number of nitro groups is 1. The normalized spacial score (nSPS) is 17.3. The van der Waals surface area contributed by atoms with Crippen molar-refractivity contribution in [2.45, 2.75) is 19.4 Å². The number of aromatic nitrogens is 2. The van der Waals surface area contributed by atoms with Crippen molar-refractivity contribution in [3.8, 4) is 5.88 Å². The molecule has 2 aromatic rings. The van der Waals surface area contributed by atoms with Gasteiger partial charge in [-0.3, -0.25) is 15.0 Å². The molecule has 1 aromatic carbocycles. The Morgan fingerprint density at radius 1 is 1.21 bits per heavy atom. The fraction of sp³-hybridized carbons (Fsp3) is 0.500. The van der Waals surface area contributed by atoms with Crippen molar-refractivity contribution in [1.29, 1.82) is 0 Å². The van der Waals surface area contributed by atoms with Gasteiger partial charge in [-0.25, -0.2) is 9.97 Å². The van der Waals surface area contributed by atoms with Crippen LogP contribution >= 0.6 is 0 Å². The summed E-state index contributed by atoms with van der Waals surface area (Å²) >= 11 is 0. The fourth-order valence-corrected chi connectivity index (χ4v) is 3.25. The van der Waals surface area contributed by atoms with Crippen molar-refractivity contribution in [3.05, 3.63) is 34.1 Å². The van der Waals surface area contributed by atoms with Crippen LogP contribution in [0.5, 0.6) is 5.88 Å². The molecular formula is C16H21N5O3. The Morgan fingerprint density at radius 2 is 1.88 bits per heavy atom. The van der Waals surface area contributed by atoms with Gasteiger partial charge in [0.25, 0.3) is 5.69 Å². The van der Waals surface area contributed by atoms with Crippen molar-refractivity contribution in [2.75, 3.05) is 33.2 Å². The number of likely N-dealkylation sites (N-methyl/N-ethyl adjacent to an activating group) is 1. The number of hydrogen-bond donors (Lipinski definition) is 1. The van der Waals surface area contributed by atoms with Gasteiger partial charge in [-0.1, -0.05) is 0 Å². The zero-order valence-corrected chi connectivity index (χ0v) is 14.1. The maximum absolute atomic E-state index is 11.6. The van der Waals surface area contributed by atoms with Gasteiger partial charge in [0.2, 0.25) is 5.88 Å². The molecule has 3 rings (SSSR count). The summed E-state index contributed by atoms with van der Waals surface area (Å²) in [6.45, 7) is 7.52. The van der Waals surface area contributed by atoms with Crippen LogP contribution in [0.2, 0.25) is 0 Å². The number of rotatable bonds is 3. The second-order valence-corrected chi connectivity index (χ2v) is 6.69. The Balaban J connectivity index is 2.13. The van der Waals surface area contributed by atoms with E-state index in [2.05, 4.69) is 26.8 Å². The number of aromatic hydroxyl groups is 1. The average Bonchev–Trinajstić information content (AvgIpc) is 2.54. The topological polar surface area (TPSA) is 95.6 Å². The molecule has 1 aliphatic rings. The molecular weight excluding hydrogens is 310 g/mol. The van der Waals surface area contributed by atoms with Crippen molar-refractivity contribution < 1.29 is 10.0 Å². The minimum absolute atomic E-state index is 0.0171. The third-order valence-corrected chi connectivity index (χ3v) is 4.88. The van der Waals surface area contributed by atoms with Crippen LogP contribution in [-0.4, -0.2) is 63.0 Å². The zero-order chi connectivity index (χ0) is 17.5. The third kappa shape index (κ3) is 2.78. The molecule has 1 fully saturated rings. The van der Waals surface area contributed by atoms with Crippen LogP contribution in [0.4, 0.5) is 5.69 Å². The Bertz CT molecular complexity index is 785. The van der Waals surface area contributed by atoms with Crippen molar-refractivity contribution in [1.82, 2.24) is 19.8 Å². The number of nitro benzene ring substituents is 1. The highest BCUT2D eigenvalue weighted by Gasteiger charge is 2.36. The van der Waals surface area contributed by atoms with Gasteiger partial charge in [0, 0.05) is 37.8 Å². The Hall–Kier alpha value is -2.32. The fourth-order valence-electron chi connectivity index (χ4n) is 3.25. The summed E-state index contributed by atoms with van der Waals surface area (Å²) in [4.78, 5) is 23.6. The number of fused-ring (bicyclic) bond motifs is 1. The first-order valence-corrected chi connectivity index (χ1v) is 7.87. The molecule has 0 amide bonds. The van der Waals surface area contributed by atoms with Crippen LogP contribution in [0.3, 0.4) is 0 Å². The molecule has 0 saturated carbocycles. The van der Waals surface area contributed by atoms with Crippen molar-refractivity contribution in [3.63, 3.8) is 0 Å². The van der Waals surface area contributed by atoms with E-state index in [1.807, 2.05) is 13.8 Å². The molecule has 0 atom stereocenters. The van der Waals surface area contributed by atoms with Gasteiger partial charge in [0.15, 0.2) is 0 Å². The van der Waals surface area contributed by atoms with E-state index in [0.29, 0.717) is 16.5 Å². The summed E-state index contributed by atoms with van der Waals surface area (Å²) in [5.41, 5.74) is 0.572. The number of hydrogen-bond acceptors (Lipinski definition) is 7. The van der Waals surface area contributed by atoms with Gasteiger partial charge in [0.1, 0.15) is 6.33 Å². The van der Waals surface area contributed by atoms with E-state index >= 15 is 0 Å². The summed E-state index contributed by atoms with van der Waals surface area (Å²) in [6, 6.07) is 3.07. The zero-order valence-electron chi connectivity index (χ0n) is 14.1. The molecule has 0 bridgehead atoms. The summed E-state index contributed by atoms with van der Waals surface area (Å²) in [5.74, 6) is -0.243. The number of nitrogens with zero attached hydrogens (tertiary/aromatic N) is 5. The smallest absolute Gasteiger partial charge is 0.275 e. The molecule has 8 nitrogen and oxygen atoms in total. The van der Waals surface area contributed by atoms with Crippen LogP contribution in [0.15, 0.2) is 18.5 Å². The molecule has 8 heteroatoms. The van der Waals surface area contributed by atoms with Gasteiger partial charge >= 0.3 is 0 Å². The van der Waals surface area contributed by atoms with Gasteiger partial charge in [-0.2, -0.15) is 0 Å². The van der Waals surface area contributed by atoms with Crippen LogP contribution in [0, 0.1) is 10.1 Å². The van der Waals surface area contributed by atoms with Gasteiger partial charge in [0.05, 0.1) is 21.4 Å². The first-order valence-electron chi connectivity index (χ1n) is 7.87. The highest BCUT2D eigenvalue weighted by Crippen LogP contribution is 2.38. The van der Waals surface area contributed by atoms with Crippen molar-refractivity contribution in [2.24, 2.45) is 0 Å². The van der Waals surface area contributed by atoms with Gasteiger partial charge < -0.3 is 10.0 Å². The van der Waals surface area contributed by atoms with E-state index in [1.165, 1.54) is 12.4 Å². The first-order chi connectivity index (χ1) is 11.3. The Kier molecular flexibility index (Phi) is 4.10. The second-order valence-electron chi connectivity index (χ2n) is 6.69. The lowest BCUT2D eigenvalue weighted by Gasteiger charge is -2.43. The van der Waals surface area contributed by atoms with Gasteiger partial charge in [-0.15, -0.1) is 0 Å². The average molecular weight is 331 g/mol. The van der Waals surface area contributed by atoms with Crippen LogP contribution < -0.4 is 0 Å². The molecule has 128 valence electrons. The van der Waals surface area contributed by atoms with E-state index in [4.69, 9.17) is 0 Å². The van der Waals surface area contributed by atoms with Crippen LogP contribution in [-0.2, 0) is 5.54 Å². The van der Waals surface area contributed by atoms with Crippen LogP contribution in [0.25, 0.3) is 10.9 Å². The van der Waals surface area contributed by atoms with Gasteiger partial charge in [-0.05, 0) is 27.0 Å². The quantitative estimate of drug-likeness (QED) is 0.676. The summed E-state index contributed by atoms with van der Waals surface area (Å²) < 4.78 is 0. The summed E-state index contributed by atoms with van der Waals surface area (Å²) in [6.07, 6.45) is 1.26. The summed E-state index contributed by atoms with van der Waals surface area (Å²) in [5, 5.41) is 21.8. The lowest BCUT2D eigenvalue weighted by molar-refractivity contribution is -0.386. The van der Waals surface area contributed by atoms with E-state index in [0.717, 1.165) is 26.2 Å². The minimum atomic E-state index is -0.515. The molecule has 1 aliphatic heterocycles. The lowest BCUT2D eigenvalue weighted by Crippen LogP contribution is -2.52. The molecule has 24 heavy (non-hydrogen) atoms. The highest BCUT2D eigenvalue weighted by molar-refractivity contribution is 5.86. The molecule has 1 aromatic heterocycles. The van der Waals surface area contributed by atoms with Crippen molar-refractivity contribution >= 4 is 16.6 Å². The Morgan fingerprint density at radius 3 is 2.50 bits per heavy atom. The largest absolute Gasteiger partial charge is 0.493 e. The van der Waals surface area contributed by atoms with E-state index < -0.39 is 10.5 Å². The molecule has 0 aliphatic carbocycles. The lowest BCUT2D eigenvalue weighted by atomic mass is 9.89. The number of benzene rings is 1. The molecule has 1 N–H and O–H groups in total. The predicted octanol–water partition coefficient (Wildman–Crippen LogP) is 1.73. The molecule has 0 radical (unpaired) electrons. The SMILES string of the molecule is CN1CCN(C(C)(C)c2cc3ncnc(O)c3cc2[N+](=O)[O-])CC1. The predicted molar refractivity (Wildman–Crippen MR) is 90.0 cm³/mol. The molecule has 1 saturated heterocycles. The van der Waals surface area contributed by atoms with E-state index in [-0.39, 0.29) is 11.6 Å². The third-order valence-electron chi connectivity index (χ3n) is 4.88. The van der Waals surface area contributed by atoms with E-state index in [9.17, 15) is 15.2 Å². The molecule has 0 unspecified atom stereocenters. The summed E-state index contributed by atoms with van der Waals surface area (Å²) in [7, 11) is 2.07. The maximum Gasteiger partial charge on any atom is 0.275 e. The minimum Gasteiger partial charge on any atom is -0.493 e. The molecule has 2 heterocycles. The molecule has 0 spiro atoms. The monoisotopic (exact) mass is 331 g/mol. The second kappa shape index (κ2) is 5.95. The maximum atomic E-state index is 11.6. The van der Waals surface area contributed by atoms with E-state index in [1.54, 1.807) is 6.07 Å². The first kappa shape index (κ1) is 16.5. The standard InChI is InChI=1S/C16H21N5O3/c1-16(2,20-6-4-19(3)5-7-20)12-9-13-11(8-14(12)21(23)24)15(22)18-10-17-13/h8-10H,4-7H2,1-3H3,(H,17,18,22). The highest BCUT2D eigenvalue weighted by atomic mass is 16.6. The Labute approximate surface area is 139 Å². The number of piperazine rings is 1.